The van der Waals surface area contributed by atoms with Gasteiger partial charge in [0.1, 0.15) is 12.0 Å². The van der Waals surface area contributed by atoms with Crippen molar-refractivity contribution in [2.24, 2.45) is 0 Å². The molecule has 0 fully saturated rings. The highest BCUT2D eigenvalue weighted by molar-refractivity contribution is 6.10. The number of hydrogen-bond acceptors (Lipinski definition) is 3. The van der Waals surface area contributed by atoms with Crippen LogP contribution in [0.15, 0.2) is 212 Å². The molecule has 1 aliphatic heterocycles. The van der Waals surface area contributed by atoms with Gasteiger partial charge < -0.3 is 9.64 Å². The Morgan fingerprint density at radius 3 is 1.78 bits per heavy atom. The van der Waals surface area contributed by atoms with Crippen LogP contribution in [0.4, 0.5) is 17.1 Å². The summed E-state index contributed by atoms with van der Waals surface area (Å²) in [7, 11) is 0. The Morgan fingerprint density at radius 2 is 1.13 bits per heavy atom. The van der Waals surface area contributed by atoms with Crippen molar-refractivity contribution in [1.82, 2.24) is 0 Å². The first-order chi connectivity index (χ1) is 33.0. The van der Waals surface area contributed by atoms with Crippen LogP contribution in [-0.4, -0.2) is 6.29 Å². The average Bonchev–Trinajstić information content (AvgIpc) is 3.70. The lowest BCUT2D eigenvalue weighted by Gasteiger charge is -2.40. The van der Waals surface area contributed by atoms with Crippen LogP contribution < -0.4 is 9.64 Å². The molecule has 3 heteroatoms. The zero-order valence-electron chi connectivity index (χ0n) is 38.2. The molecule has 0 bridgehead atoms. The second-order valence-corrected chi connectivity index (χ2v) is 18.2. The number of benzene rings is 9. The van der Waals surface area contributed by atoms with Crippen LogP contribution >= 0.6 is 0 Å². The largest absolute Gasteiger partial charge is 0.472 e. The fourth-order valence-electron chi connectivity index (χ4n) is 10.9. The molecule has 1 aliphatic carbocycles. The van der Waals surface area contributed by atoms with Crippen molar-refractivity contribution in [2.75, 3.05) is 4.90 Å². The van der Waals surface area contributed by atoms with Crippen molar-refractivity contribution in [3.8, 4) is 16.9 Å². The summed E-state index contributed by atoms with van der Waals surface area (Å²) in [6.07, 6.45) is 11.4. The molecule has 0 saturated carbocycles. The van der Waals surface area contributed by atoms with Crippen molar-refractivity contribution in [3.05, 3.63) is 268 Å². The van der Waals surface area contributed by atoms with Gasteiger partial charge in [-0.2, -0.15) is 0 Å². The van der Waals surface area contributed by atoms with E-state index in [4.69, 9.17) is 4.74 Å². The molecule has 326 valence electrons. The standard InChI is InChI=1S/C64H53NO2/c1-3-4-5-9-18-46-29-37-51(38-30-46)64(50-33-27-45(2)28-34-50)59-43-54(65(52-21-12-7-13-22-52)53-23-14-8-15-24-53)39-40-57(59)60-55-25-16-17-26-56(55)62-58(61(60)64)41-42-63(67-62,48-19-10-6-11-20-48)49-35-31-47(44-66)32-36-49/h6-8,10-17,19-44H,3-5,9,18H2,1-2H3. The number of carbonyl (C=O) groups excluding carboxylic acids is 1. The number of carbonyl (C=O) groups is 1. The minimum Gasteiger partial charge on any atom is -0.472 e. The Labute approximate surface area is 394 Å². The quantitative estimate of drug-likeness (QED) is 0.0854. The lowest BCUT2D eigenvalue weighted by molar-refractivity contribution is 0.112. The Balaban J connectivity index is 1.23. The number of para-hydroxylation sites is 2. The molecule has 0 radical (unpaired) electrons. The third kappa shape index (κ3) is 7.09. The fraction of sp³-hybridized carbons (Fsp3) is 0.141. The van der Waals surface area contributed by atoms with Gasteiger partial charge in [-0.3, -0.25) is 4.79 Å². The summed E-state index contributed by atoms with van der Waals surface area (Å²) < 4.78 is 7.76. The number of unbranched alkanes of at least 4 members (excludes halogenated alkanes) is 3. The minimum absolute atomic E-state index is 0.625. The monoisotopic (exact) mass is 867 g/mol. The second-order valence-electron chi connectivity index (χ2n) is 18.2. The summed E-state index contributed by atoms with van der Waals surface area (Å²) in [5, 5.41) is 2.20. The number of fused-ring (bicyclic) bond motifs is 8. The SMILES string of the molecule is CCCCCCc1ccc(C2(c3ccc(C)cc3)c3cc(N(c4ccccc4)c4ccccc4)ccc3-c3c2c2c(c4ccccc34)OC(c3ccccc3)(c3ccc(C=O)cc3)C=C2)cc1. The molecule has 0 saturated heterocycles. The Kier molecular flexibility index (Phi) is 11.0. The third-order valence-corrected chi connectivity index (χ3v) is 14.2. The average molecular weight is 868 g/mol. The number of aldehydes is 1. The topological polar surface area (TPSA) is 29.5 Å². The van der Waals surface area contributed by atoms with E-state index in [1.165, 1.54) is 70.2 Å². The minimum atomic E-state index is -0.969. The van der Waals surface area contributed by atoms with Gasteiger partial charge in [0.2, 0.25) is 0 Å². The summed E-state index contributed by atoms with van der Waals surface area (Å²) in [6.45, 7) is 4.45. The van der Waals surface area contributed by atoms with Gasteiger partial charge in [-0.15, -0.1) is 0 Å². The molecule has 2 atom stereocenters. The Hall–Kier alpha value is -7.75. The fourth-order valence-corrected chi connectivity index (χ4v) is 10.9. The van der Waals surface area contributed by atoms with Crippen molar-refractivity contribution in [1.29, 1.82) is 0 Å². The van der Waals surface area contributed by atoms with E-state index in [2.05, 4.69) is 207 Å². The molecule has 0 spiro atoms. The van der Waals surface area contributed by atoms with E-state index < -0.39 is 11.0 Å². The summed E-state index contributed by atoms with van der Waals surface area (Å²) in [5.74, 6) is 0.840. The van der Waals surface area contributed by atoms with E-state index in [1.807, 2.05) is 30.3 Å². The van der Waals surface area contributed by atoms with E-state index in [-0.39, 0.29) is 0 Å². The molecule has 2 aliphatic rings. The van der Waals surface area contributed by atoms with Crippen LogP contribution in [0, 0.1) is 6.92 Å². The summed E-state index contributed by atoms with van der Waals surface area (Å²) >= 11 is 0. The smallest absolute Gasteiger partial charge is 0.178 e. The number of aryl methyl sites for hydroxylation is 2. The predicted octanol–water partition coefficient (Wildman–Crippen LogP) is 16.3. The maximum Gasteiger partial charge on any atom is 0.178 e. The van der Waals surface area contributed by atoms with Crippen LogP contribution in [0.3, 0.4) is 0 Å². The Bertz CT molecular complexity index is 3210. The molecular formula is C64H53NO2. The number of ether oxygens (including phenoxy) is 1. The maximum absolute atomic E-state index is 11.9. The summed E-state index contributed by atoms with van der Waals surface area (Å²) in [4.78, 5) is 14.3. The second kappa shape index (κ2) is 17.6. The highest BCUT2D eigenvalue weighted by Gasteiger charge is 2.51. The van der Waals surface area contributed by atoms with Gasteiger partial charge in [0.15, 0.2) is 5.60 Å². The predicted molar refractivity (Wildman–Crippen MR) is 277 cm³/mol. The molecule has 0 amide bonds. The van der Waals surface area contributed by atoms with E-state index in [1.54, 1.807) is 0 Å². The van der Waals surface area contributed by atoms with Gasteiger partial charge in [-0.25, -0.2) is 0 Å². The third-order valence-electron chi connectivity index (χ3n) is 14.2. The van der Waals surface area contributed by atoms with Gasteiger partial charge in [0.05, 0.1) is 5.41 Å². The van der Waals surface area contributed by atoms with E-state index in [9.17, 15) is 4.79 Å². The first-order valence-electron chi connectivity index (χ1n) is 23.8. The van der Waals surface area contributed by atoms with Crippen LogP contribution in [0.25, 0.3) is 28.0 Å². The van der Waals surface area contributed by atoms with Crippen LogP contribution in [0.2, 0.25) is 0 Å². The number of hydrogen-bond donors (Lipinski definition) is 0. The summed E-state index contributed by atoms with van der Waals surface area (Å²) in [6, 6.07) is 74.4. The summed E-state index contributed by atoms with van der Waals surface area (Å²) in [5.41, 5.74) is 15.1. The van der Waals surface area contributed by atoms with Crippen LogP contribution in [-0.2, 0) is 17.4 Å². The lowest BCUT2D eigenvalue weighted by atomic mass is 9.65. The Morgan fingerprint density at radius 1 is 0.552 bits per heavy atom. The molecule has 3 nitrogen and oxygen atoms in total. The van der Waals surface area contributed by atoms with E-state index in [0.29, 0.717) is 5.56 Å². The van der Waals surface area contributed by atoms with Gasteiger partial charge in [-0.1, -0.05) is 208 Å². The molecule has 0 N–H and O–H groups in total. The molecule has 1 heterocycles. The van der Waals surface area contributed by atoms with Crippen molar-refractivity contribution < 1.29 is 9.53 Å². The molecule has 9 aromatic rings. The van der Waals surface area contributed by atoms with Gasteiger partial charge in [0, 0.05) is 44.7 Å². The zero-order chi connectivity index (χ0) is 45.4. The molecular weight excluding hydrogens is 815 g/mol. The van der Waals surface area contributed by atoms with Gasteiger partial charge in [-0.05, 0) is 107 Å². The molecule has 11 rings (SSSR count). The van der Waals surface area contributed by atoms with Crippen LogP contribution in [0.1, 0.15) is 93.0 Å². The molecule has 9 aromatic carbocycles. The van der Waals surface area contributed by atoms with Crippen molar-refractivity contribution in [3.63, 3.8) is 0 Å². The van der Waals surface area contributed by atoms with Crippen molar-refractivity contribution >= 4 is 40.2 Å². The highest BCUT2D eigenvalue weighted by Crippen LogP contribution is 2.63. The molecule has 2 unspecified atom stereocenters. The lowest BCUT2D eigenvalue weighted by Crippen LogP contribution is -2.36. The number of anilines is 3. The molecule has 0 aromatic heterocycles. The zero-order valence-corrected chi connectivity index (χ0v) is 38.2. The van der Waals surface area contributed by atoms with Crippen molar-refractivity contribution in [2.45, 2.75) is 57.0 Å². The van der Waals surface area contributed by atoms with Gasteiger partial charge in [0.25, 0.3) is 0 Å². The number of nitrogens with zero attached hydrogens (tertiary/aromatic N) is 1. The van der Waals surface area contributed by atoms with E-state index >= 15 is 0 Å². The molecule has 67 heavy (non-hydrogen) atoms. The highest BCUT2D eigenvalue weighted by atomic mass is 16.5. The maximum atomic E-state index is 11.9. The first kappa shape index (κ1) is 41.9. The van der Waals surface area contributed by atoms with Gasteiger partial charge >= 0.3 is 0 Å². The normalized spacial score (nSPS) is 16.7. The van der Waals surface area contributed by atoms with Crippen LogP contribution in [0.5, 0.6) is 5.75 Å². The first-order valence-corrected chi connectivity index (χ1v) is 23.8. The number of rotatable bonds is 13. The van der Waals surface area contributed by atoms with E-state index in [0.717, 1.165) is 63.0 Å².